The zero-order chi connectivity index (χ0) is 9.72. The largest absolute Gasteiger partial charge is 0.342 e. The Bertz CT molecular complexity index is 181. The van der Waals surface area contributed by atoms with E-state index < -0.39 is 0 Å². The molecule has 0 aliphatic heterocycles. The third-order valence-electron chi connectivity index (χ3n) is 1.87. The molecule has 1 amide bonds. The van der Waals surface area contributed by atoms with Crippen LogP contribution in [0, 0.1) is 24.2 Å². The van der Waals surface area contributed by atoms with Gasteiger partial charge in [0.05, 0.1) is 0 Å². The number of rotatable bonds is 3. The van der Waals surface area contributed by atoms with E-state index in [9.17, 15) is 4.79 Å². The topological polar surface area (TPSA) is 29.1 Å². The molecule has 0 saturated carbocycles. The summed E-state index contributed by atoms with van der Waals surface area (Å²) in [5, 5.41) is 2.79. The second kappa shape index (κ2) is 4.82. The van der Waals surface area contributed by atoms with Gasteiger partial charge in [0.2, 0.25) is 0 Å². The molecule has 0 aliphatic carbocycles. The van der Waals surface area contributed by atoms with Gasteiger partial charge in [-0.2, -0.15) is 0 Å². The van der Waals surface area contributed by atoms with Crippen LogP contribution in [0.25, 0.3) is 0 Å². The van der Waals surface area contributed by atoms with E-state index in [1.807, 2.05) is 0 Å². The van der Waals surface area contributed by atoms with Crippen LogP contribution in [0.3, 0.4) is 0 Å². The van der Waals surface area contributed by atoms with E-state index in [-0.39, 0.29) is 11.9 Å². The third-order valence-corrected chi connectivity index (χ3v) is 1.87. The summed E-state index contributed by atoms with van der Waals surface area (Å²) in [7, 11) is 0. The predicted octanol–water partition coefficient (Wildman–Crippen LogP) is 1.42. The molecule has 12 heavy (non-hydrogen) atoms. The van der Waals surface area contributed by atoms with Gasteiger partial charge in [-0.3, -0.25) is 4.79 Å². The molecule has 0 saturated heterocycles. The Morgan fingerprint density at radius 2 is 1.67 bits per heavy atom. The average Bonchev–Trinajstić information content (AvgIpc) is 1.98. The van der Waals surface area contributed by atoms with Crippen LogP contribution in [-0.4, -0.2) is 11.9 Å². The van der Waals surface area contributed by atoms with Crippen LogP contribution in [0.1, 0.15) is 27.7 Å². The molecule has 2 heteroatoms. The van der Waals surface area contributed by atoms with Gasteiger partial charge >= 0.3 is 0 Å². The fourth-order valence-electron chi connectivity index (χ4n) is 1.30. The van der Waals surface area contributed by atoms with Gasteiger partial charge in [0.15, 0.2) is 0 Å². The molecule has 0 rings (SSSR count). The zero-order valence-electron chi connectivity index (χ0n) is 8.22. The standard InChI is InChI=1S/C10H17NO/c1-6-9(12)11-10(7(2)3)8(4)5/h1,7-8,10H,2-5H3,(H,11,12). The monoisotopic (exact) mass is 167 g/mol. The SMILES string of the molecule is C#CC(=O)NC(C(C)C)C(C)C. The maximum Gasteiger partial charge on any atom is 0.295 e. The van der Waals surface area contributed by atoms with Crippen molar-refractivity contribution >= 4 is 5.91 Å². The van der Waals surface area contributed by atoms with E-state index in [0.29, 0.717) is 11.8 Å². The number of amides is 1. The lowest BCUT2D eigenvalue weighted by molar-refractivity contribution is -0.117. The highest BCUT2D eigenvalue weighted by molar-refractivity contribution is 5.93. The Balaban J connectivity index is 4.16. The normalized spacial score (nSPS) is 10.5. The van der Waals surface area contributed by atoms with Crippen LogP contribution >= 0.6 is 0 Å². The van der Waals surface area contributed by atoms with Gasteiger partial charge in [-0.15, -0.1) is 6.42 Å². The van der Waals surface area contributed by atoms with E-state index in [0.717, 1.165) is 0 Å². The minimum absolute atomic E-state index is 0.175. The summed E-state index contributed by atoms with van der Waals surface area (Å²) in [4.78, 5) is 10.9. The van der Waals surface area contributed by atoms with Crippen molar-refractivity contribution in [1.29, 1.82) is 0 Å². The van der Waals surface area contributed by atoms with Crippen LogP contribution in [0.15, 0.2) is 0 Å². The van der Waals surface area contributed by atoms with Crippen molar-refractivity contribution in [2.24, 2.45) is 11.8 Å². The molecule has 68 valence electrons. The van der Waals surface area contributed by atoms with Crippen molar-refractivity contribution in [1.82, 2.24) is 5.32 Å². The van der Waals surface area contributed by atoms with Crippen LogP contribution in [0.5, 0.6) is 0 Å². The maximum atomic E-state index is 10.9. The van der Waals surface area contributed by atoms with Crippen molar-refractivity contribution in [2.45, 2.75) is 33.7 Å². The molecule has 0 atom stereocenters. The maximum absolute atomic E-state index is 10.9. The van der Waals surface area contributed by atoms with Crippen LogP contribution in [-0.2, 0) is 4.79 Å². The quantitative estimate of drug-likeness (QED) is 0.633. The van der Waals surface area contributed by atoms with E-state index in [1.54, 1.807) is 0 Å². The molecule has 0 bridgehead atoms. The van der Waals surface area contributed by atoms with Crippen LogP contribution in [0.2, 0.25) is 0 Å². The van der Waals surface area contributed by atoms with E-state index in [1.165, 1.54) is 0 Å². The Morgan fingerprint density at radius 3 is 1.92 bits per heavy atom. The molecular formula is C10H17NO. The summed E-state index contributed by atoms with van der Waals surface area (Å²) in [6, 6.07) is 0.175. The summed E-state index contributed by atoms with van der Waals surface area (Å²) >= 11 is 0. The summed E-state index contributed by atoms with van der Waals surface area (Å²) < 4.78 is 0. The van der Waals surface area contributed by atoms with Gasteiger partial charge in [0.1, 0.15) is 0 Å². The molecule has 0 spiro atoms. The number of carbonyl (C=O) groups excluding carboxylic acids is 1. The third kappa shape index (κ3) is 3.43. The molecule has 1 N–H and O–H groups in total. The first-order valence-corrected chi connectivity index (χ1v) is 4.26. The number of hydrogen-bond donors (Lipinski definition) is 1. The molecule has 0 aromatic carbocycles. The number of terminal acetylenes is 1. The van der Waals surface area contributed by atoms with Crippen molar-refractivity contribution in [3.05, 3.63) is 0 Å². The number of nitrogens with one attached hydrogen (secondary N) is 1. The molecule has 0 aromatic rings. The minimum atomic E-state index is -0.317. The first kappa shape index (κ1) is 11.0. The summed E-state index contributed by atoms with van der Waals surface area (Å²) in [6.45, 7) is 8.28. The molecule has 0 radical (unpaired) electrons. The molecule has 0 aromatic heterocycles. The van der Waals surface area contributed by atoms with Gasteiger partial charge in [-0.1, -0.05) is 27.7 Å². The van der Waals surface area contributed by atoms with Crippen molar-refractivity contribution in [2.75, 3.05) is 0 Å². The molecule has 0 unspecified atom stereocenters. The van der Waals surface area contributed by atoms with Gasteiger partial charge < -0.3 is 5.32 Å². The van der Waals surface area contributed by atoms with Gasteiger partial charge in [0, 0.05) is 6.04 Å². The molecule has 0 aliphatic rings. The first-order chi connectivity index (χ1) is 5.49. The lowest BCUT2D eigenvalue weighted by atomic mass is 9.93. The fraction of sp³-hybridized carbons (Fsp3) is 0.700. The van der Waals surface area contributed by atoms with E-state index in [2.05, 4.69) is 38.9 Å². The lowest BCUT2D eigenvalue weighted by Crippen LogP contribution is -2.41. The number of hydrogen-bond acceptors (Lipinski definition) is 1. The Hall–Kier alpha value is -0.970. The lowest BCUT2D eigenvalue weighted by Gasteiger charge is -2.24. The van der Waals surface area contributed by atoms with Crippen molar-refractivity contribution < 1.29 is 4.79 Å². The average molecular weight is 167 g/mol. The Labute approximate surface area is 74.7 Å². The van der Waals surface area contributed by atoms with Crippen LogP contribution < -0.4 is 5.32 Å². The van der Waals surface area contributed by atoms with Gasteiger partial charge in [-0.05, 0) is 17.8 Å². The minimum Gasteiger partial charge on any atom is -0.342 e. The number of carbonyl (C=O) groups is 1. The first-order valence-electron chi connectivity index (χ1n) is 4.26. The van der Waals surface area contributed by atoms with Gasteiger partial charge in [-0.25, -0.2) is 0 Å². The molecule has 0 fully saturated rings. The summed E-state index contributed by atoms with van der Waals surface area (Å²) in [6.07, 6.45) is 4.96. The summed E-state index contributed by atoms with van der Waals surface area (Å²) in [5.74, 6) is 2.58. The second-order valence-corrected chi connectivity index (χ2v) is 3.63. The highest BCUT2D eigenvalue weighted by Gasteiger charge is 2.18. The molecule has 2 nitrogen and oxygen atoms in total. The molecular weight excluding hydrogens is 150 g/mol. The Morgan fingerprint density at radius 1 is 1.25 bits per heavy atom. The predicted molar refractivity (Wildman–Crippen MR) is 50.4 cm³/mol. The van der Waals surface area contributed by atoms with Crippen LogP contribution in [0.4, 0.5) is 0 Å². The highest BCUT2D eigenvalue weighted by atomic mass is 16.1. The zero-order valence-corrected chi connectivity index (χ0v) is 8.22. The van der Waals surface area contributed by atoms with Crippen molar-refractivity contribution in [3.63, 3.8) is 0 Å². The Kier molecular flexibility index (Phi) is 4.43. The van der Waals surface area contributed by atoms with E-state index in [4.69, 9.17) is 6.42 Å². The fourth-order valence-corrected chi connectivity index (χ4v) is 1.30. The highest BCUT2D eigenvalue weighted by Crippen LogP contribution is 2.11. The smallest absolute Gasteiger partial charge is 0.295 e. The molecule has 0 heterocycles. The van der Waals surface area contributed by atoms with Crippen molar-refractivity contribution in [3.8, 4) is 12.3 Å². The van der Waals surface area contributed by atoms with Gasteiger partial charge in [0.25, 0.3) is 5.91 Å². The summed E-state index contributed by atoms with van der Waals surface area (Å²) in [5.41, 5.74) is 0. The second-order valence-electron chi connectivity index (χ2n) is 3.63. The van der Waals surface area contributed by atoms with E-state index >= 15 is 0 Å².